The van der Waals surface area contributed by atoms with Gasteiger partial charge in [-0.1, -0.05) is 37.3 Å². The van der Waals surface area contributed by atoms with Gasteiger partial charge in [-0.05, 0) is 24.5 Å². The maximum absolute atomic E-state index is 13.4. The van der Waals surface area contributed by atoms with Gasteiger partial charge in [-0.15, -0.1) is 0 Å². The van der Waals surface area contributed by atoms with Crippen LogP contribution >= 0.6 is 11.3 Å². The fourth-order valence-electron chi connectivity index (χ4n) is 3.72. The number of anilines is 1. The number of nitrogens with zero attached hydrogens (tertiary/aromatic N) is 4. The Balaban J connectivity index is 1.65. The van der Waals surface area contributed by atoms with E-state index < -0.39 is 15.9 Å². The van der Waals surface area contributed by atoms with E-state index in [9.17, 15) is 18.0 Å². The summed E-state index contributed by atoms with van der Waals surface area (Å²) in [6, 6.07) is 7.22. The maximum Gasteiger partial charge on any atom is 0.276 e. The number of aromatic nitrogens is 1. The first-order chi connectivity index (χ1) is 14.2. The monoisotopic (exact) mass is 448 g/mol. The van der Waals surface area contributed by atoms with E-state index in [1.807, 2.05) is 38.1 Å². The standard InChI is InChI=1S/C20H24N4O4S2/c1-13(2)11-23(20-21-15-5-3-4-6-17(15)29-20)19(26)16-7-8-18(25)24(22-16)14-9-10-30(27,28)12-14/h3-6,13-14H,7-12H2,1-2H3/t14-/m0/s1. The Labute approximate surface area is 179 Å². The van der Waals surface area contributed by atoms with Crippen molar-refractivity contribution in [2.24, 2.45) is 11.0 Å². The molecule has 0 saturated carbocycles. The third-order valence-corrected chi connectivity index (χ3v) is 7.98. The number of hydrogen-bond donors (Lipinski definition) is 0. The predicted octanol–water partition coefficient (Wildman–Crippen LogP) is 2.45. The summed E-state index contributed by atoms with van der Waals surface area (Å²) < 4.78 is 24.7. The number of carbonyl (C=O) groups is 2. The third-order valence-electron chi connectivity index (χ3n) is 5.17. The highest BCUT2D eigenvalue weighted by Crippen LogP contribution is 2.30. The normalized spacial score (nSPS) is 21.3. The summed E-state index contributed by atoms with van der Waals surface area (Å²) in [5.41, 5.74) is 1.11. The Hall–Kier alpha value is -2.33. The lowest BCUT2D eigenvalue weighted by molar-refractivity contribution is -0.133. The van der Waals surface area contributed by atoms with Crippen molar-refractivity contribution in [3.8, 4) is 0 Å². The van der Waals surface area contributed by atoms with Crippen LogP contribution in [0.2, 0.25) is 0 Å². The van der Waals surface area contributed by atoms with Crippen molar-refractivity contribution in [1.29, 1.82) is 0 Å². The maximum atomic E-state index is 13.4. The second kappa shape index (κ2) is 8.07. The molecule has 4 rings (SSSR count). The molecule has 1 aromatic carbocycles. The molecule has 2 aromatic rings. The molecular weight excluding hydrogens is 424 g/mol. The summed E-state index contributed by atoms with van der Waals surface area (Å²) in [6.45, 7) is 4.52. The van der Waals surface area contributed by atoms with Crippen molar-refractivity contribution in [2.75, 3.05) is 23.0 Å². The minimum atomic E-state index is -3.16. The number of para-hydroxylation sites is 1. The van der Waals surface area contributed by atoms with Gasteiger partial charge in [0.25, 0.3) is 5.91 Å². The van der Waals surface area contributed by atoms with Gasteiger partial charge in [-0.2, -0.15) is 5.10 Å². The van der Waals surface area contributed by atoms with Crippen LogP contribution in [0.3, 0.4) is 0 Å². The Morgan fingerprint density at radius 2 is 2.07 bits per heavy atom. The first-order valence-electron chi connectivity index (χ1n) is 10.0. The summed E-state index contributed by atoms with van der Waals surface area (Å²) in [6.07, 6.45) is 0.746. The second-order valence-corrected chi connectivity index (χ2v) is 11.4. The van der Waals surface area contributed by atoms with Crippen molar-refractivity contribution in [3.63, 3.8) is 0 Å². The lowest BCUT2D eigenvalue weighted by Crippen LogP contribution is -2.46. The lowest BCUT2D eigenvalue weighted by atomic mass is 10.1. The zero-order valence-electron chi connectivity index (χ0n) is 16.9. The van der Waals surface area contributed by atoms with Gasteiger partial charge in [0, 0.05) is 19.4 Å². The number of hydrazone groups is 1. The number of carbonyl (C=O) groups excluding carboxylic acids is 2. The largest absolute Gasteiger partial charge is 0.283 e. The Kier molecular flexibility index (Phi) is 5.63. The second-order valence-electron chi connectivity index (χ2n) is 8.12. The predicted molar refractivity (Wildman–Crippen MR) is 117 cm³/mol. The molecule has 30 heavy (non-hydrogen) atoms. The van der Waals surface area contributed by atoms with E-state index in [4.69, 9.17) is 0 Å². The molecule has 0 bridgehead atoms. The summed E-state index contributed by atoms with van der Waals surface area (Å²) in [5.74, 6) is -0.351. The molecule has 2 amide bonds. The van der Waals surface area contributed by atoms with E-state index in [-0.39, 0.29) is 47.8 Å². The van der Waals surface area contributed by atoms with Crippen molar-refractivity contribution < 1.29 is 18.0 Å². The SMILES string of the molecule is CC(C)CN(C(=O)C1=NN([C@H]2CCS(=O)(=O)C2)C(=O)CC1)c1nc2ccccc2s1. The van der Waals surface area contributed by atoms with Crippen molar-refractivity contribution in [3.05, 3.63) is 24.3 Å². The van der Waals surface area contributed by atoms with Crippen LogP contribution in [0.15, 0.2) is 29.4 Å². The molecule has 160 valence electrons. The molecule has 0 spiro atoms. The molecule has 0 radical (unpaired) electrons. The molecule has 1 fully saturated rings. The number of thiazole rings is 1. The van der Waals surface area contributed by atoms with E-state index in [1.54, 1.807) is 4.90 Å². The average Bonchev–Trinajstić information content (AvgIpc) is 3.28. The number of sulfone groups is 1. The van der Waals surface area contributed by atoms with Crippen molar-refractivity contribution >= 4 is 54.0 Å². The Bertz CT molecular complexity index is 1090. The zero-order valence-corrected chi connectivity index (χ0v) is 18.6. The molecule has 2 aliphatic heterocycles. The van der Waals surface area contributed by atoms with Gasteiger partial charge in [0.1, 0.15) is 5.71 Å². The molecule has 10 heteroatoms. The molecule has 1 saturated heterocycles. The molecule has 2 aliphatic rings. The minimum Gasteiger partial charge on any atom is -0.283 e. The number of benzene rings is 1. The molecule has 0 aliphatic carbocycles. The molecule has 0 unspecified atom stereocenters. The quantitative estimate of drug-likeness (QED) is 0.699. The molecular formula is C20H24N4O4S2. The van der Waals surface area contributed by atoms with Crippen molar-refractivity contribution in [2.45, 2.75) is 39.2 Å². The Morgan fingerprint density at radius 3 is 2.73 bits per heavy atom. The third kappa shape index (κ3) is 4.24. The van der Waals surface area contributed by atoms with E-state index in [0.29, 0.717) is 18.1 Å². The molecule has 1 atom stereocenters. The average molecular weight is 449 g/mol. The summed E-state index contributed by atoms with van der Waals surface area (Å²) in [4.78, 5) is 32.0. The highest BCUT2D eigenvalue weighted by molar-refractivity contribution is 7.91. The smallest absolute Gasteiger partial charge is 0.276 e. The summed E-state index contributed by atoms with van der Waals surface area (Å²) in [7, 11) is -3.16. The van der Waals surface area contributed by atoms with Crippen LogP contribution in [-0.2, 0) is 19.4 Å². The molecule has 1 aromatic heterocycles. The molecule has 0 N–H and O–H groups in total. The van der Waals surface area contributed by atoms with Crippen LogP contribution in [0.4, 0.5) is 5.13 Å². The first-order valence-corrected chi connectivity index (χ1v) is 12.6. The van der Waals surface area contributed by atoms with Crippen LogP contribution < -0.4 is 4.90 Å². The van der Waals surface area contributed by atoms with Gasteiger partial charge < -0.3 is 0 Å². The van der Waals surface area contributed by atoms with Gasteiger partial charge in [-0.3, -0.25) is 14.5 Å². The van der Waals surface area contributed by atoms with Crippen LogP contribution in [0.25, 0.3) is 10.2 Å². The summed E-state index contributed by atoms with van der Waals surface area (Å²) in [5, 5.41) is 6.17. The molecule has 3 heterocycles. The summed E-state index contributed by atoms with van der Waals surface area (Å²) >= 11 is 1.45. The van der Waals surface area contributed by atoms with Gasteiger partial charge in [0.15, 0.2) is 15.0 Å². The fourth-order valence-corrected chi connectivity index (χ4v) is 6.39. The van der Waals surface area contributed by atoms with E-state index >= 15 is 0 Å². The van der Waals surface area contributed by atoms with Crippen LogP contribution in [0.1, 0.15) is 33.1 Å². The van der Waals surface area contributed by atoms with Crippen LogP contribution in [0, 0.1) is 5.92 Å². The van der Waals surface area contributed by atoms with E-state index in [2.05, 4.69) is 10.1 Å². The van der Waals surface area contributed by atoms with Gasteiger partial charge in [0.05, 0.1) is 27.8 Å². The first kappa shape index (κ1) is 20.9. The molecule has 8 nitrogen and oxygen atoms in total. The van der Waals surface area contributed by atoms with Gasteiger partial charge in [0.2, 0.25) is 5.91 Å². The Morgan fingerprint density at radius 1 is 1.30 bits per heavy atom. The zero-order chi connectivity index (χ0) is 21.5. The number of hydrogen-bond acceptors (Lipinski definition) is 7. The van der Waals surface area contributed by atoms with E-state index in [0.717, 1.165) is 10.2 Å². The van der Waals surface area contributed by atoms with Crippen molar-refractivity contribution in [1.82, 2.24) is 9.99 Å². The van der Waals surface area contributed by atoms with E-state index in [1.165, 1.54) is 16.3 Å². The van der Waals surface area contributed by atoms with Crippen LogP contribution in [-0.4, -0.2) is 60.0 Å². The highest BCUT2D eigenvalue weighted by Gasteiger charge is 2.38. The van der Waals surface area contributed by atoms with Gasteiger partial charge in [-0.25, -0.2) is 18.4 Å². The highest BCUT2D eigenvalue weighted by atomic mass is 32.2. The minimum absolute atomic E-state index is 0.0470. The number of rotatable bonds is 5. The van der Waals surface area contributed by atoms with Crippen LogP contribution in [0.5, 0.6) is 0 Å². The topological polar surface area (TPSA) is 100 Å². The fraction of sp³-hybridized carbons (Fsp3) is 0.500. The number of fused-ring (bicyclic) bond motifs is 1. The lowest BCUT2D eigenvalue weighted by Gasteiger charge is -2.29. The number of amides is 2. The van der Waals surface area contributed by atoms with Gasteiger partial charge >= 0.3 is 0 Å².